The quantitative estimate of drug-likeness (QED) is 0.622. The first-order valence-electron chi connectivity index (χ1n) is 9.54. The molecule has 31 heavy (non-hydrogen) atoms. The lowest BCUT2D eigenvalue weighted by Crippen LogP contribution is -2.24. The first-order valence-corrected chi connectivity index (χ1v) is 9.54. The Morgan fingerprint density at radius 2 is 1.84 bits per heavy atom. The molecule has 160 valence electrons. The molecule has 3 aromatic rings. The summed E-state index contributed by atoms with van der Waals surface area (Å²) in [6, 6.07) is 10.0. The molecule has 1 fully saturated rings. The molecule has 2 aliphatic heterocycles. The van der Waals surface area contributed by atoms with Gasteiger partial charge in [-0.3, -0.25) is 4.79 Å². The Morgan fingerprint density at radius 1 is 1.06 bits per heavy atom. The van der Waals surface area contributed by atoms with Gasteiger partial charge in [-0.25, -0.2) is 0 Å². The van der Waals surface area contributed by atoms with E-state index in [1.807, 2.05) is 18.2 Å². The largest absolute Gasteiger partial charge is 0.454 e. The third-order valence-corrected chi connectivity index (χ3v) is 5.29. The number of likely N-dealkylation sites (tertiary alicyclic amines) is 1. The lowest BCUT2D eigenvalue weighted by atomic mass is 10.1. The maximum atomic E-state index is 12.7. The maximum absolute atomic E-state index is 12.7. The molecule has 2 aromatic carbocycles. The number of hydrogen-bond donors (Lipinski definition) is 0. The smallest absolute Gasteiger partial charge is 0.416 e. The number of rotatable bonds is 4. The molecule has 0 aliphatic carbocycles. The number of ether oxygens (including phenoxy) is 2. The highest BCUT2D eigenvalue weighted by atomic mass is 19.4. The number of nitrogens with zero attached hydrogens (tertiary/aromatic N) is 3. The van der Waals surface area contributed by atoms with Gasteiger partial charge in [0.15, 0.2) is 17.3 Å². The zero-order chi connectivity index (χ0) is 21.6. The van der Waals surface area contributed by atoms with Gasteiger partial charge in [-0.1, -0.05) is 11.2 Å². The monoisotopic (exact) mass is 431 g/mol. The molecule has 3 heterocycles. The summed E-state index contributed by atoms with van der Waals surface area (Å²) in [6.45, 7) is 1.01. The standard InChI is InChI=1S/C21H16F3N3O4/c22-21(23,24)15-4-2-13(3-5-15)20-25-19(26-31-20)14-8-18(28)27(10-14)9-12-1-6-16-17(7-12)30-11-29-16/h1-7,14H,8-11H2. The van der Waals surface area contributed by atoms with Crippen LogP contribution in [0.5, 0.6) is 11.5 Å². The molecule has 5 rings (SSSR count). The Hall–Kier alpha value is -3.56. The van der Waals surface area contributed by atoms with Crippen LogP contribution in [-0.4, -0.2) is 34.3 Å². The number of amides is 1. The summed E-state index contributed by atoms with van der Waals surface area (Å²) in [5.41, 5.74) is 0.543. The summed E-state index contributed by atoms with van der Waals surface area (Å²) >= 11 is 0. The average molecular weight is 431 g/mol. The molecule has 0 saturated carbocycles. The van der Waals surface area contributed by atoms with E-state index in [9.17, 15) is 18.0 Å². The average Bonchev–Trinajstić information content (AvgIpc) is 3.47. The fourth-order valence-corrected chi connectivity index (χ4v) is 3.68. The van der Waals surface area contributed by atoms with Gasteiger partial charge in [0.1, 0.15) is 0 Å². The molecule has 2 aliphatic rings. The Labute approximate surface area is 174 Å². The van der Waals surface area contributed by atoms with E-state index in [0.29, 0.717) is 36.0 Å². The van der Waals surface area contributed by atoms with Crippen LogP contribution >= 0.6 is 0 Å². The van der Waals surface area contributed by atoms with Crippen molar-refractivity contribution in [1.29, 1.82) is 0 Å². The number of carbonyl (C=O) groups excluding carboxylic acids is 1. The van der Waals surface area contributed by atoms with E-state index < -0.39 is 11.7 Å². The van der Waals surface area contributed by atoms with Crippen molar-refractivity contribution in [3.8, 4) is 23.0 Å². The van der Waals surface area contributed by atoms with Crippen LogP contribution in [0.3, 0.4) is 0 Å². The first kappa shape index (κ1) is 19.4. The molecule has 1 amide bonds. The second kappa shape index (κ2) is 7.29. The molecule has 1 unspecified atom stereocenters. The van der Waals surface area contributed by atoms with E-state index >= 15 is 0 Å². The van der Waals surface area contributed by atoms with Crippen LogP contribution in [0.2, 0.25) is 0 Å². The molecule has 1 aromatic heterocycles. The van der Waals surface area contributed by atoms with Gasteiger partial charge in [0.25, 0.3) is 5.89 Å². The van der Waals surface area contributed by atoms with Crippen molar-refractivity contribution in [2.45, 2.75) is 25.1 Å². The van der Waals surface area contributed by atoms with Crippen molar-refractivity contribution in [2.24, 2.45) is 0 Å². The van der Waals surface area contributed by atoms with Crippen LogP contribution in [0.25, 0.3) is 11.5 Å². The van der Waals surface area contributed by atoms with Crippen LogP contribution < -0.4 is 9.47 Å². The van der Waals surface area contributed by atoms with Gasteiger partial charge < -0.3 is 18.9 Å². The SMILES string of the molecule is O=C1CC(c2noc(-c3ccc(C(F)(F)F)cc3)n2)CN1Cc1ccc2c(c1)OCO2. The van der Waals surface area contributed by atoms with Crippen molar-refractivity contribution in [2.75, 3.05) is 13.3 Å². The lowest BCUT2D eigenvalue weighted by Gasteiger charge is -2.16. The first-order chi connectivity index (χ1) is 14.9. The summed E-state index contributed by atoms with van der Waals surface area (Å²) in [5, 5.41) is 3.95. The van der Waals surface area contributed by atoms with E-state index in [0.717, 1.165) is 17.7 Å². The predicted octanol–water partition coefficient (Wildman–Crippen LogP) is 4.00. The van der Waals surface area contributed by atoms with Crippen LogP contribution in [-0.2, 0) is 17.5 Å². The number of hydrogen-bond acceptors (Lipinski definition) is 6. The molecule has 1 saturated heterocycles. The van der Waals surface area contributed by atoms with E-state index in [1.165, 1.54) is 12.1 Å². The fourth-order valence-electron chi connectivity index (χ4n) is 3.68. The van der Waals surface area contributed by atoms with Gasteiger partial charge in [-0.2, -0.15) is 18.2 Å². The Morgan fingerprint density at radius 3 is 2.61 bits per heavy atom. The second-order valence-corrected chi connectivity index (χ2v) is 7.40. The maximum Gasteiger partial charge on any atom is 0.416 e. The van der Waals surface area contributed by atoms with Crippen molar-refractivity contribution in [3.05, 3.63) is 59.4 Å². The summed E-state index contributed by atoms with van der Waals surface area (Å²) in [5.74, 6) is 1.51. The van der Waals surface area contributed by atoms with Crippen LogP contribution in [0, 0.1) is 0 Å². The molecule has 0 radical (unpaired) electrons. The van der Waals surface area contributed by atoms with Gasteiger partial charge in [0.05, 0.1) is 5.56 Å². The van der Waals surface area contributed by atoms with Crippen LogP contribution in [0.4, 0.5) is 13.2 Å². The normalized spacial score (nSPS) is 18.1. The molecular weight excluding hydrogens is 415 g/mol. The van der Waals surface area contributed by atoms with Crippen molar-refractivity contribution in [3.63, 3.8) is 0 Å². The number of halogens is 3. The zero-order valence-corrected chi connectivity index (χ0v) is 16.1. The van der Waals surface area contributed by atoms with Crippen molar-refractivity contribution >= 4 is 5.91 Å². The highest BCUT2D eigenvalue weighted by Crippen LogP contribution is 2.35. The molecule has 0 N–H and O–H groups in total. The Bertz CT molecular complexity index is 1130. The number of alkyl halides is 3. The summed E-state index contributed by atoms with van der Waals surface area (Å²) in [4.78, 5) is 18.5. The summed E-state index contributed by atoms with van der Waals surface area (Å²) < 4.78 is 54.1. The highest BCUT2D eigenvalue weighted by Gasteiger charge is 2.34. The minimum atomic E-state index is -4.41. The minimum Gasteiger partial charge on any atom is -0.454 e. The topological polar surface area (TPSA) is 77.7 Å². The molecule has 10 heteroatoms. The Kier molecular flexibility index (Phi) is 4.57. The van der Waals surface area contributed by atoms with Crippen LogP contribution in [0.15, 0.2) is 47.0 Å². The van der Waals surface area contributed by atoms with Gasteiger partial charge in [-0.15, -0.1) is 0 Å². The van der Waals surface area contributed by atoms with Crippen molar-refractivity contribution < 1.29 is 32.0 Å². The van der Waals surface area contributed by atoms with E-state index in [4.69, 9.17) is 14.0 Å². The number of aromatic nitrogens is 2. The Balaban J connectivity index is 1.28. The van der Waals surface area contributed by atoms with Gasteiger partial charge in [-0.05, 0) is 42.0 Å². The molecule has 1 atom stereocenters. The lowest BCUT2D eigenvalue weighted by molar-refractivity contribution is -0.137. The summed E-state index contributed by atoms with van der Waals surface area (Å²) in [6.07, 6.45) is -4.18. The molecular formula is C21H16F3N3O4. The molecule has 0 bridgehead atoms. The van der Waals surface area contributed by atoms with Crippen LogP contribution in [0.1, 0.15) is 29.3 Å². The van der Waals surface area contributed by atoms with Crippen molar-refractivity contribution in [1.82, 2.24) is 15.0 Å². The van der Waals surface area contributed by atoms with E-state index in [1.54, 1.807) is 4.90 Å². The summed E-state index contributed by atoms with van der Waals surface area (Å²) in [7, 11) is 0. The van der Waals surface area contributed by atoms with Gasteiger partial charge in [0, 0.05) is 31.0 Å². The third kappa shape index (κ3) is 3.80. The third-order valence-electron chi connectivity index (χ3n) is 5.29. The van der Waals surface area contributed by atoms with Gasteiger partial charge >= 0.3 is 6.18 Å². The predicted molar refractivity (Wildman–Crippen MR) is 100 cm³/mol. The molecule has 0 spiro atoms. The minimum absolute atomic E-state index is 0.0384. The fraction of sp³-hybridized carbons (Fsp3) is 0.286. The second-order valence-electron chi connectivity index (χ2n) is 7.40. The highest BCUT2D eigenvalue weighted by molar-refractivity contribution is 5.79. The molecule has 7 nitrogen and oxygen atoms in total. The number of benzene rings is 2. The number of carbonyl (C=O) groups is 1. The van der Waals surface area contributed by atoms with Gasteiger partial charge in [0.2, 0.25) is 12.7 Å². The zero-order valence-electron chi connectivity index (χ0n) is 16.1. The van der Waals surface area contributed by atoms with E-state index in [2.05, 4.69) is 10.1 Å². The number of fused-ring (bicyclic) bond motifs is 1. The van der Waals surface area contributed by atoms with E-state index in [-0.39, 0.29) is 30.9 Å².